The van der Waals surface area contributed by atoms with E-state index in [1.807, 2.05) is 6.92 Å². The number of rotatable bonds is 11. The standard InChI is InChI=1S/C23H26BrN3O4S2/c1-4-13-27(14-5-2)33(29,30)19-10-8-18(9-11-19)25-23(32)26-22(28)20-16-17(24)7-12-21(20)31-15-6-3/h4-5,7-12,16H,1-2,6,13-15H2,3H3,(H2,25,26,28,32). The highest BCUT2D eigenvalue weighted by Gasteiger charge is 2.22. The summed E-state index contributed by atoms with van der Waals surface area (Å²) in [6.45, 7) is 10.00. The number of anilines is 1. The van der Waals surface area contributed by atoms with Crippen LogP contribution in [0.2, 0.25) is 0 Å². The molecule has 2 aromatic carbocycles. The summed E-state index contributed by atoms with van der Waals surface area (Å²) in [6, 6.07) is 11.2. The van der Waals surface area contributed by atoms with Gasteiger partial charge in [-0.1, -0.05) is 35.0 Å². The second kappa shape index (κ2) is 12.6. The molecule has 0 heterocycles. The summed E-state index contributed by atoms with van der Waals surface area (Å²) in [7, 11) is -3.70. The van der Waals surface area contributed by atoms with Gasteiger partial charge in [0.15, 0.2) is 5.11 Å². The minimum atomic E-state index is -3.70. The Morgan fingerprint density at radius 3 is 2.36 bits per heavy atom. The summed E-state index contributed by atoms with van der Waals surface area (Å²) < 4.78 is 33.2. The summed E-state index contributed by atoms with van der Waals surface area (Å²) >= 11 is 8.61. The molecule has 0 radical (unpaired) electrons. The number of carbonyl (C=O) groups excluding carboxylic acids is 1. The van der Waals surface area contributed by atoms with Crippen molar-refractivity contribution in [3.05, 3.63) is 77.8 Å². The molecule has 0 aliphatic carbocycles. The molecule has 0 unspecified atom stereocenters. The maximum atomic E-state index is 12.8. The Hall–Kier alpha value is -2.53. The van der Waals surface area contributed by atoms with E-state index in [9.17, 15) is 13.2 Å². The molecule has 176 valence electrons. The van der Waals surface area contributed by atoms with Crippen molar-refractivity contribution >= 4 is 54.9 Å². The first-order valence-electron chi connectivity index (χ1n) is 10.1. The highest BCUT2D eigenvalue weighted by atomic mass is 79.9. The third-order valence-corrected chi connectivity index (χ3v) is 6.83. The van der Waals surface area contributed by atoms with Crippen molar-refractivity contribution in [1.29, 1.82) is 0 Å². The number of nitrogens with zero attached hydrogens (tertiary/aromatic N) is 1. The Morgan fingerprint density at radius 2 is 1.79 bits per heavy atom. The second-order valence-electron chi connectivity index (χ2n) is 6.82. The molecule has 7 nitrogen and oxygen atoms in total. The molecule has 2 aromatic rings. The normalized spacial score (nSPS) is 11.0. The monoisotopic (exact) mass is 551 g/mol. The smallest absolute Gasteiger partial charge is 0.261 e. The number of halogens is 1. The molecule has 10 heteroatoms. The third-order valence-electron chi connectivity index (χ3n) is 4.29. The van der Waals surface area contributed by atoms with E-state index in [2.05, 4.69) is 39.7 Å². The zero-order valence-corrected chi connectivity index (χ0v) is 21.4. The fourth-order valence-electron chi connectivity index (χ4n) is 2.77. The highest BCUT2D eigenvalue weighted by Crippen LogP contribution is 2.24. The average molecular weight is 553 g/mol. The van der Waals surface area contributed by atoms with Crippen LogP contribution < -0.4 is 15.4 Å². The molecule has 1 amide bonds. The van der Waals surface area contributed by atoms with E-state index in [4.69, 9.17) is 17.0 Å². The van der Waals surface area contributed by atoms with Gasteiger partial charge in [-0.05, 0) is 61.1 Å². The minimum absolute atomic E-state index is 0.0666. The molecular weight excluding hydrogens is 526 g/mol. The Kier molecular flexibility index (Phi) is 10.2. The summed E-state index contributed by atoms with van der Waals surface area (Å²) in [5.74, 6) is 0.0297. The van der Waals surface area contributed by atoms with Crippen molar-refractivity contribution in [2.45, 2.75) is 18.2 Å². The van der Waals surface area contributed by atoms with Crippen LogP contribution in [0.15, 0.2) is 77.1 Å². The molecular formula is C23H26BrN3O4S2. The predicted molar refractivity (Wildman–Crippen MR) is 139 cm³/mol. The molecule has 0 bridgehead atoms. The van der Waals surface area contributed by atoms with Crippen molar-refractivity contribution in [1.82, 2.24) is 9.62 Å². The van der Waals surface area contributed by atoms with Gasteiger partial charge >= 0.3 is 0 Å². The number of hydrogen-bond donors (Lipinski definition) is 2. The second-order valence-corrected chi connectivity index (χ2v) is 10.1. The fourth-order valence-corrected chi connectivity index (χ4v) is 4.72. The lowest BCUT2D eigenvalue weighted by molar-refractivity contribution is 0.0973. The van der Waals surface area contributed by atoms with E-state index in [1.54, 1.807) is 30.3 Å². The number of nitrogens with one attached hydrogen (secondary N) is 2. The van der Waals surface area contributed by atoms with Crippen LogP contribution in [0.4, 0.5) is 5.69 Å². The zero-order valence-electron chi connectivity index (χ0n) is 18.2. The van der Waals surface area contributed by atoms with E-state index >= 15 is 0 Å². The Balaban J connectivity index is 2.10. The van der Waals surface area contributed by atoms with Crippen LogP contribution in [-0.4, -0.2) is 43.4 Å². The molecule has 0 aromatic heterocycles. The maximum absolute atomic E-state index is 12.8. The van der Waals surface area contributed by atoms with E-state index in [1.165, 1.54) is 28.6 Å². The van der Waals surface area contributed by atoms with Gasteiger partial charge in [-0.25, -0.2) is 8.42 Å². The third kappa shape index (κ3) is 7.50. The lowest BCUT2D eigenvalue weighted by atomic mass is 10.2. The summed E-state index contributed by atoms with van der Waals surface area (Å²) in [6.07, 6.45) is 3.84. The van der Waals surface area contributed by atoms with Crippen molar-refractivity contribution in [3.8, 4) is 5.75 Å². The largest absolute Gasteiger partial charge is 0.493 e. The first-order valence-corrected chi connectivity index (χ1v) is 12.7. The van der Waals surface area contributed by atoms with Crippen LogP contribution in [0, 0.1) is 0 Å². The maximum Gasteiger partial charge on any atom is 0.261 e. The molecule has 0 aliphatic heterocycles. The van der Waals surface area contributed by atoms with Gasteiger partial charge in [0.25, 0.3) is 5.91 Å². The molecule has 0 atom stereocenters. The first kappa shape index (κ1) is 26.7. The Labute approximate surface area is 208 Å². The number of amides is 1. The van der Waals surface area contributed by atoms with Crippen molar-refractivity contribution in [2.24, 2.45) is 0 Å². The molecule has 0 aliphatic rings. The van der Waals surface area contributed by atoms with Gasteiger partial charge in [-0.3, -0.25) is 10.1 Å². The van der Waals surface area contributed by atoms with Gasteiger partial charge in [0.05, 0.1) is 17.1 Å². The molecule has 0 spiro atoms. The van der Waals surface area contributed by atoms with Crippen LogP contribution in [0.1, 0.15) is 23.7 Å². The minimum Gasteiger partial charge on any atom is -0.493 e. The zero-order chi connectivity index (χ0) is 24.4. The molecule has 33 heavy (non-hydrogen) atoms. The molecule has 0 fully saturated rings. The highest BCUT2D eigenvalue weighted by molar-refractivity contribution is 9.10. The van der Waals surface area contributed by atoms with Crippen LogP contribution >= 0.6 is 28.1 Å². The van der Waals surface area contributed by atoms with Crippen molar-refractivity contribution < 1.29 is 17.9 Å². The van der Waals surface area contributed by atoms with Gasteiger partial charge in [-0.15, -0.1) is 13.2 Å². The first-order chi connectivity index (χ1) is 15.7. The van der Waals surface area contributed by atoms with E-state index in [-0.39, 0.29) is 23.1 Å². The number of hydrogen-bond acceptors (Lipinski definition) is 5. The molecule has 0 saturated carbocycles. The van der Waals surface area contributed by atoms with Crippen LogP contribution in [0.5, 0.6) is 5.75 Å². The van der Waals surface area contributed by atoms with Gasteiger partial charge in [-0.2, -0.15) is 4.31 Å². The van der Waals surface area contributed by atoms with Crippen molar-refractivity contribution in [3.63, 3.8) is 0 Å². The lowest BCUT2D eigenvalue weighted by Crippen LogP contribution is -2.34. The van der Waals surface area contributed by atoms with Gasteiger partial charge in [0.1, 0.15) is 5.75 Å². The Morgan fingerprint density at radius 1 is 1.15 bits per heavy atom. The van der Waals surface area contributed by atoms with Gasteiger partial charge < -0.3 is 10.1 Å². The summed E-state index contributed by atoms with van der Waals surface area (Å²) in [5.41, 5.74) is 0.864. The van der Waals surface area contributed by atoms with E-state index in [0.717, 1.165) is 10.9 Å². The SMILES string of the molecule is C=CCN(CC=C)S(=O)(=O)c1ccc(NC(=S)NC(=O)c2cc(Br)ccc2OCCC)cc1. The number of sulfonamides is 1. The number of ether oxygens (including phenoxy) is 1. The average Bonchev–Trinajstić information content (AvgIpc) is 2.78. The molecule has 0 saturated heterocycles. The van der Waals surface area contributed by atoms with E-state index in [0.29, 0.717) is 23.6 Å². The summed E-state index contributed by atoms with van der Waals surface area (Å²) in [5, 5.41) is 5.57. The van der Waals surface area contributed by atoms with Gasteiger partial charge in [0.2, 0.25) is 10.0 Å². The van der Waals surface area contributed by atoms with Gasteiger partial charge in [0, 0.05) is 23.2 Å². The molecule has 2 N–H and O–H groups in total. The van der Waals surface area contributed by atoms with Crippen LogP contribution in [0.3, 0.4) is 0 Å². The van der Waals surface area contributed by atoms with Crippen LogP contribution in [0.25, 0.3) is 0 Å². The lowest BCUT2D eigenvalue weighted by Gasteiger charge is -2.19. The number of carbonyl (C=O) groups is 1. The quantitative estimate of drug-likeness (QED) is 0.310. The number of thiocarbonyl (C=S) groups is 1. The topological polar surface area (TPSA) is 87.7 Å². The van der Waals surface area contributed by atoms with E-state index < -0.39 is 15.9 Å². The summed E-state index contributed by atoms with van der Waals surface area (Å²) in [4.78, 5) is 12.8. The van der Waals surface area contributed by atoms with Crippen molar-refractivity contribution in [2.75, 3.05) is 25.0 Å². The number of benzene rings is 2. The Bertz CT molecular complexity index is 1110. The fraction of sp³-hybridized carbons (Fsp3) is 0.217. The van der Waals surface area contributed by atoms with Crippen LogP contribution in [-0.2, 0) is 10.0 Å². The predicted octanol–water partition coefficient (Wildman–Crippen LogP) is 4.73. The molecule has 2 rings (SSSR count).